The molecule has 10 heavy (non-hydrogen) atoms. The predicted molar refractivity (Wildman–Crippen MR) is 45.8 cm³/mol. The highest BCUT2D eigenvalue weighted by molar-refractivity contribution is 5.08. The molecule has 0 saturated carbocycles. The summed E-state index contributed by atoms with van der Waals surface area (Å²) in [5, 5.41) is 0. The van der Waals surface area contributed by atoms with E-state index in [0.29, 0.717) is 0 Å². The number of rotatable bonds is 0. The van der Waals surface area contributed by atoms with Gasteiger partial charge in [0.1, 0.15) is 0 Å². The van der Waals surface area contributed by atoms with Crippen LogP contribution < -0.4 is 0 Å². The smallest absolute Gasteiger partial charge is 0.0165 e. The Balaban J connectivity index is 0.000000500. The Kier molecular flexibility index (Phi) is 2.31. The zero-order chi connectivity index (χ0) is 6.10. The van der Waals surface area contributed by atoms with E-state index in [0.717, 1.165) is 11.8 Å². The molecule has 0 bridgehead atoms. The first-order chi connectivity index (χ1) is 4.47. The van der Waals surface area contributed by atoms with Crippen LogP contribution in [0.3, 0.4) is 0 Å². The first-order valence-electron chi connectivity index (χ1n) is 3.78. The molecule has 2 aliphatic carbocycles. The van der Waals surface area contributed by atoms with E-state index in [1.165, 1.54) is 19.3 Å². The number of hydrogen-bond donors (Lipinski definition) is 0. The number of allylic oxidation sites excluding steroid dienone is 4. The maximum Gasteiger partial charge on any atom is -0.0165 e. The largest absolute Gasteiger partial charge is 0.0882 e. The third-order valence-corrected chi connectivity index (χ3v) is 2.44. The molecule has 2 rings (SSSR count). The zero-order valence-electron chi connectivity index (χ0n) is 5.59. The Morgan fingerprint density at radius 1 is 0.900 bits per heavy atom. The summed E-state index contributed by atoms with van der Waals surface area (Å²) in [6.07, 6.45) is 13.3. The van der Waals surface area contributed by atoms with Gasteiger partial charge in [-0.25, -0.2) is 0 Å². The van der Waals surface area contributed by atoms with Gasteiger partial charge >= 0.3 is 0 Å². The van der Waals surface area contributed by atoms with E-state index in [1.54, 1.807) is 0 Å². The molecule has 0 spiro atoms. The van der Waals surface area contributed by atoms with Crippen LogP contribution in [-0.2, 0) is 0 Å². The topological polar surface area (TPSA) is 0 Å². The van der Waals surface area contributed by atoms with E-state index in [9.17, 15) is 0 Å². The summed E-state index contributed by atoms with van der Waals surface area (Å²) in [4.78, 5) is 0. The highest BCUT2D eigenvalue weighted by Gasteiger charge is 2.22. The van der Waals surface area contributed by atoms with Crippen LogP contribution in [0.1, 0.15) is 26.7 Å². The highest BCUT2D eigenvalue weighted by Crippen LogP contribution is 2.33. The van der Waals surface area contributed by atoms with Crippen molar-refractivity contribution < 1.29 is 0 Å². The maximum atomic E-state index is 2.38. The maximum absolute atomic E-state index is 2.38. The van der Waals surface area contributed by atoms with Gasteiger partial charge in [-0.2, -0.15) is 0 Å². The highest BCUT2D eigenvalue weighted by atomic mass is 14.3. The normalized spacial score (nSPS) is 35.2. The summed E-state index contributed by atoms with van der Waals surface area (Å²) in [5.41, 5.74) is 0. The Hall–Kier alpha value is -0.520. The van der Waals surface area contributed by atoms with E-state index in [4.69, 9.17) is 0 Å². The average Bonchev–Trinajstić information content (AvgIpc) is 2.33. The molecule has 0 heteroatoms. The van der Waals surface area contributed by atoms with Crippen LogP contribution in [0.2, 0.25) is 0 Å². The third kappa shape index (κ3) is 1.16. The standard InChI is InChI=1S/C9H12.CH4/c1-2-5-9-7-3-6-8(9)4-1;/h1-3,6,8-9H,4-5,7H2;1H4. The summed E-state index contributed by atoms with van der Waals surface area (Å²) in [6, 6.07) is 0. The van der Waals surface area contributed by atoms with Crippen molar-refractivity contribution in [3.8, 4) is 0 Å². The lowest BCUT2D eigenvalue weighted by Gasteiger charge is -2.19. The van der Waals surface area contributed by atoms with E-state index in [-0.39, 0.29) is 7.43 Å². The van der Waals surface area contributed by atoms with Crippen LogP contribution in [0.5, 0.6) is 0 Å². The van der Waals surface area contributed by atoms with Crippen molar-refractivity contribution in [1.29, 1.82) is 0 Å². The number of fused-ring (bicyclic) bond motifs is 1. The second-order valence-corrected chi connectivity index (χ2v) is 3.03. The summed E-state index contributed by atoms with van der Waals surface area (Å²) in [6.45, 7) is 0. The van der Waals surface area contributed by atoms with Crippen LogP contribution in [0.25, 0.3) is 0 Å². The Morgan fingerprint density at radius 3 is 2.40 bits per heavy atom. The molecule has 2 atom stereocenters. The minimum atomic E-state index is 0. The predicted octanol–water partition coefficient (Wildman–Crippen LogP) is 3.16. The van der Waals surface area contributed by atoms with Gasteiger partial charge in [-0.15, -0.1) is 0 Å². The molecule has 56 valence electrons. The molecular weight excluding hydrogens is 120 g/mol. The molecule has 2 unspecified atom stereocenters. The first-order valence-corrected chi connectivity index (χ1v) is 3.78. The SMILES string of the molecule is C.C1=CCC2CC=CC2C1. The second-order valence-electron chi connectivity index (χ2n) is 3.03. The summed E-state index contributed by atoms with van der Waals surface area (Å²) < 4.78 is 0. The summed E-state index contributed by atoms with van der Waals surface area (Å²) in [5.74, 6) is 1.87. The molecule has 0 aromatic rings. The Morgan fingerprint density at radius 2 is 1.60 bits per heavy atom. The van der Waals surface area contributed by atoms with E-state index in [2.05, 4.69) is 24.3 Å². The fourth-order valence-corrected chi connectivity index (χ4v) is 1.83. The minimum Gasteiger partial charge on any atom is -0.0882 e. The molecular formula is C10H16. The summed E-state index contributed by atoms with van der Waals surface area (Å²) in [7, 11) is 0. The minimum absolute atomic E-state index is 0. The van der Waals surface area contributed by atoms with Gasteiger partial charge in [0.15, 0.2) is 0 Å². The van der Waals surface area contributed by atoms with Gasteiger partial charge in [-0.3, -0.25) is 0 Å². The van der Waals surface area contributed by atoms with Crippen LogP contribution >= 0.6 is 0 Å². The van der Waals surface area contributed by atoms with Crippen molar-refractivity contribution >= 4 is 0 Å². The Labute approximate surface area is 63.6 Å². The molecule has 0 heterocycles. The van der Waals surface area contributed by atoms with Crippen molar-refractivity contribution in [2.24, 2.45) is 11.8 Å². The van der Waals surface area contributed by atoms with Gasteiger partial charge in [-0.1, -0.05) is 31.7 Å². The zero-order valence-corrected chi connectivity index (χ0v) is 5.59. The van der Waals surface area contributed by atoms with Gasteiger partial charge < -0.3 is 0 Å². The molecule has 0 aromatic carbocycles. The van der Waals surface area contributed by atoms with Crippen LogP contribution in [0, 0.1) is 11.8 Å². The molecule has 0 aromatic heterocycles. The lowest BCUT2D eigenvalue weighted by molar-refractivity contribution is 0.415. The van der Waals surface area contributed by atoms with Crippen molar-refractivity contribution in [3.05, 3.63) is 24.3 Å². The lowest BCUT2D eigenvalue weighted by atomic mass is 9.86. The molecule has 0 nitrogen and oxygen atoms in total. The molecule has 2 aliphatic rings. The summed E-state index contributed by atoms with van der Waals surface area (Å²) >= 11 is 0. The van der Waals surface area contributed by atoms with Crippen LogP contribution in [0.4, 0.5) is 0 Å². The van der Waals surface area contributed by atoms with Gasteiger partial charge in [0.2, 0.25) is 0 Å². The molecule has 0 amide bonds. The van der Waals surface area contributed by atoms with Crippen molar-refractivity contribution in [2.45, 2.75) is 26.7 Å². The van der Waals surface area contributed by atoms with E-state index >= 15 is 0 Å². The molecule has 0 radical (unpaired) electrons. The molecule has 0 N–H and O–H groups in total. The lowest BCUT2D eigenvalue weighted by Crippen LogP contribution is -2.09. The second kappa shape index (κ2) is 3.05. The third-order valence-electron chi connectivity index (χ3n) is 2.44. The van der Waals surface area contributed by atoms with E-state index in [1.807, 2.05) is 0 Å². The van der Waals surface area contributed by atoms with E-state index < -0.39 is 0 Å². The van der Waals surface area contributed by atoms with Crippen LogP contribution in [-0.4, -0.2) is 0 Å². The van der Waals surface area contributed by atoms with Crippen molar-refractivity contribution in [3.63, 3.8) is 0 Å². The number of hydrogen-bond acceptors (Lipinski definition) is 0. The Bertz CT molecular complexity index is 153. The van der Waals surface area contributed by atoms with Gasteiger partial charge in [-0.05, 0) is 31.1 Å². The fourth-order valence-electron chi connectivity index (χ4n) is 1.83. The van der Waals surface area contributed by atoms with Gasteiger partial charge in [0.05, 0.1) is 0 Å². The first kappa shape index (κ1) is 7.59. The quantitative estimate of drug-likeness (QED) is 0.449. The monoisotopic (exact) mass is 136 g/mol. The molecule has 0 saturated heterocycles. The van der Waals surface area contributed by atoms with Gasteiger partial charge in [0, 0.05) is 0 Å². The van der Waals surface area contributed by atoms with Crippen molar-refractivity contribution in [2.75, 3.05) is 0 Å². The fraction of sp³-hybridized carbons (Fsp3) is 0.600. The molecule has 0 fully saturated rings. The van der Waals surface area contributed by atoms with Crippen LogP contribution in [0.15, 0.2) is 24.3 Å². The van der Waals surface area contributed by atoms with Crippen molar-refractivity contribution in [1.82, 2.24) is 0 Å². The van der Waals surface area contributed by atoms with Gasteiger partial charge in [0.25, 0.3) is 0 Å². The average molecular weight is 136 g/mol. The molecule has 0 aliphatic heterocycles.